The Morgan fingerprint density at radius 1 is 1.22 bits per heavy atom. The van der Waals surface area contributed by atoms with Gasteiger partial charge in [-0.2, -0.15) is 0 Å². The molecule has 2 unspecified atom stereocenters. The van der Waals surface area contributed by atoms with Crippen molar-refractivity contribution in [3.8, 4) is 0 Å². The van der Waals surface area contributed by atoms with Gasteiger partial charge in [0.1, 0.15) is 12.3 Å². The van der Waals surface area contributed by atoms with Gasteiger partial charge >= 0.3 is 0 Å². The van der Waals surface area contributed by atoms with Gasteiger partial charge in [0, 0.05) is 15.9 Å². The van der Waals surface area contributed by atoms with Gasteiger partial charge in [-0.1, -0.05) is 35.9 Å². The van der Waals surface area contributed by atoms with Crippen LogP contribution in [0, 0.1) is 0 Å². The van der Waals surface area contributed by atoms with Crippen LogP contribution in [0.15, 0.2) is 48.5 Å². The molecule has 138 valence electrons. The second-order valence-corrected chi connectivity index (χ2v) is 7.08. The first-order valence-corrected chi connectivity index (χ1v) is 8.95. The predicted octanol–water partition coefficient (Wildman–Crippen LogP) is 2.34. The highest BCUT2D eigenvalue weighted by atomic mass is 35.5. The van der Waals surface area contributed by atoms with Crippen LogP contribution in [0.3, 0.4) is 0 Å². The lowest BCUT2D eigenvalue weighted by Crippen LogP contribution is -2.35. The minimum atomic E-state index is -0.601. The third kappa shape index (κ3) is 2.97. The maximum Gasteiger partial charge on any atom is 0.265 e. The van der Waals surface area contributed by atoms with Gasteiger partial charge in [-0.25, -0.2) is 0 Å². The highest BCUT2D eigenvalue weighted by Crippen LogP contribution is 2.42. The standard InChI is InChI=1S/C20H18ClN3O3/c21-13-5-6-15-12(7-13)9-17(20(22)27)24(15)16-8-11-3-1-2-4-14(11)19(16)23-18(26)10-25/h1-7,9,16,19,25H,8,10H2,(H2,22,27)(H,23,26). The molecule has 0 radical (unpaired) electrons. The monoisotopic (exact) mass is 383 g/mol. The zero-order chi connectivity index (χ0) is 19.1. The van der Waals surface area contributed by atoms with E-state index in [1.165, 1.54) is 0 Å². The lowest BCUT2D eigenvalue weighted by atomic mass is 10.1. The Morgan fingerprint density at radius 3 is 2.74 bits per heavy atom. The Balaban J connectivity index is 1.90. The zero-order valence-electron chi connectivity index (χ0n) is 14.4. The van der Waals surface area contributed by atoms with Gasteiger partial charge in [-0.3, -0.25) is 9.59 Å². The number of nitrogens with one attached hydrogen (secondary N) is 1. The summed E-state index contributed by atoms with van der Waals surface area (Å²) in [4.78, 5) is 24.1. The largest absolute Gasteiger partial charge is 0.387 e. The van der Waals surface area contributed by atoms with Gasteiger partial charge in [0.25, 0.3) is 5.91 Å². The van der Waals surface area contributed by atoms with E-state index in [1.54, 1.807) is 18.2 Å². The summed E-state index contributed by atoms with van der Waals surface area (Å²) >= 11 is 6.10. The fourth-order valence-electron chi connectivity index (χ4n) is 3.96. The smallest absolute Gasteiger partial charge is 0.265 e. The minimum absolute atomic E-state index is 0.251. The van der Waals surface area contributed by atoms with Crippen molar-refractivity contribution in [2.45, 2.75) is 18.5 Å². The van der Waals surface area contributed by atoms with Gasteiger partial charge in [0.15, 0.2) is 0 Å². The van der Waals surface area contributed by atoms with Crippen LogP contribution in [0.5, 0.6) is 0 Å². The molecule has 4 N–H and O–H groups in total. The number of aromatic nitrogens is 1. The Kier molecular flexibility index (Phi) is 4.37. The SMILES string of the molecule is NC(=O)c1cc2cc(Cl)ccc2n1C1Cc2ccccc2C1NC(=O)CO. The number of fused-ring (bicyclic) bond motifs is 2. The van der Waals surface area contributed by atoms with Crippen LogP contribution in [0.4, 0.5) is 0 Å². The molecule has 1 heterocycles. The predicted molar refractivity (Wildman–Crippen MR) is 103 cm³/mol. The number of aliphatic hydroxyl groups excluding tert-OH is 1. The average molecular weight is 384 g/mol. The van der Waals surface area contributed by atoms with Gasteiger partial charge < -0.3 is 20.7 Å². The molecule has 0 fully saturated rings. The number of nitrogens with two attached hydrogens (primary N) is 1. The quantitative estimate of drug-likeness (QED) is 0.645. The molecule has 7 heteroatoms. The normalized spacial score (nSPS) is 18.4. The lowest BCUT2D eigenvalue weighted by Gasteiger charge is -2.25. The number of aliphatic hydroxyl groups is 1. The second-order valence-electron chi connectivity index (χ2n) is 6.64. The second kappa shape index (κ2) is 6.72. The van der Waals surface area contributed by atoms with E-state index in [-0.39, 0.29) is 12.1 Å². The van der Waals surface area contributed by atoms with Crippen molar-refractivity contribution in [2.24, 2.45) is 5.73 Å². The number of amides is 2. The van der Waals surface area contributed by atoms with Crippen molar-refractivity contribution in [2.75, 3.05) is 6.61 Å². The number of rotatable bonds is 4. The zero-order valence-corrected chi connectivity index (χ0v) is 15.1. The maximum atomic E-state index is 12.1. The Bertz CT molecular complexity index is 1060. The molecule has 27 heavy (non-hydrogen) atoms. The molecule has 0 spiro atoms. The van der Waals surface area contributed by atoms with Gasteiger partial charge in [-0.05, 0) is 41.8 Å². The van der Waals surface area contributed by atoms with Crippen LogP contribution < -0.4 is 11.1 Å². The van der Waals surface area contributed by atoms with E-state index in [9.17, 15) is 14.7 Å². The molecule has 1 aliphatic rings. The molecule has 0 bridgehead atoms. The van der Waals surface area contributed by atoms with E-state index in [1.807, 2.05) is 34.9 Å². The molecule has 2 amide bonds. The van der Waals surface area contributed by atoms with Gasteiger partial charge in [0.05, 0.1) is 12.1 Å². The number of halogens is 1. The summed E-state index contributed by atoms with van der Waals surface area (Å²) in [5.74, 6) is -1.02. The third-order valence-electron chi connectivity index (χ3n) is 5.05. The van der Waals surface area contributed by atoms with Crippen LogP contribution in [-0.2, 0) is 11.2 Å². The Morgan fingerprint density at radius 2 is 2.00 bits per heavy atom. The van der Waals surface area contributed by atoms with Gasteiger partial charge in [0.2, 0.25) is 5.91 Å². The summed E-state index contributed by atoms with van der Waals surface area (Å²) in [7, 11) is 0. The third-order valence-corrected chi connectivity index (χ3v) is 5.28. The van der Waals surface area contributed by atoms with E-state index < -0.39 is 18.4 Å². The lowest BCUT2D eigenvalue weighted by molar-refractivity contribution is -0.124. The summed E-state index contributed by atoms with van der Waals surface area (Å²) in [6, 6.07) is 14.3. The Hall–Kier alpha value is -2.83. The molecule has 4 rings (SSSR count). The fourth-order valence-corrected chi connectivity index (χ4v) is 4.14. The number of nitrogens with zero attached hydrogens (tertiary/aromatic N) is 1. The van der Waals surface area contributed by atoms with Gasteiger partial charge in [-0.15, -0.1) is 0 Å². The number of benzene rings is 2. The van der Waals surface area contributed by atoms with Crippen molar-refractivity contribution in [1.82, 2.24) is 9.88 Å². The average Bonchev–Trinajstić information content (AvgIpc) is 3.19. The molecular weight excluding hydrogens is 366 g/mol. The first-order valence-electron chi connectivity index (χ1n) is 8.58. The van der Waals surface area contributed by atoms with E-state index >= 15 is 0 Å². The first kappa shape index (κ1) is 17.6. The fraction of sp³-hybridized carbons (Fsp3) is 0.200. The van der Waals surface area contributed by atoms with E-state index in [4.69, 9.17) is 17.3 Å². The summed E-state index contributed by atoms with van der Waals surface area (Å²) in [5.41, 5.74) is 8.86. The van der Waals surface area contributed by atoms with Crippen molar-refractivity contribution in [1.29, 1.82) is 0 Å². The summed E-state index contributed by atoms with van der Waals surface area (Å²) < 4.78 is 1.87. The van der Waals surface area contributed by atoms with E-state index in [2.05, 4.69) is 5.32 Å². The highest BCUT2D eigenvalue weighted by molar-refractivity contribution is 6.31. The molecule has 6 nitrogen and oxygen atoms in total. The number of carbonyl (C=O) groups is 2. The summed E-state index contributed by atoms with van der Waals surface area (Å²) in [6.07, 6.45) is 0.624. The highest BCUT2D eigenvalue weighted by Gasteiger charge is 2.36. The molecule has 2 atom stereocenters. The molecule has 1 aromatic heterocycles. The Labute approximate surface area is 160 Å². The summed E-state index contributed by atoms with van der Waals surface area (Å²) in [5, 5.41) is 13.4. The van der Waals surface area contributed by atoms with Crippen LogP contribution in [0.1, 0.15) is 33.7 Å². The van der Waals surface area contributed by atoms with Crippen LogP contribution in [0.25, 0.3) is 10.9 Å². The number of hydrogen-bond acceptors (Lipinski definition) is 3. The molecule has 0 saturated heterocycles. The van der Waals surface area contributed by atoms with Crippen LogP contribution >= 0.6 is 11.6 Å². The van der Waals surface area contributed by atoms with Crippen molar-refractivity contribution in [3.63, 3.8) is 0 Å². The number of hydrogen-bond donors (Lipinski definition) is 3. The molecular formula is C20H18ClN3O3. The summed E-state index contributed by atoms with van der Waals surface area (Å²) in [6.45, 7) is -0.601. The first-order chi connectivity index (χ1) is 13.0. The van der Waals surface area contributed by atoms with Crippen molar-refractivity contribution < 1.29 is 14.7 Å². The van der Waals surface area contributed by atoms with Crippen molar-refractivity contribution in [3.05, 3.63) is 70.4 Å². The van der Waals surface area contributed by atoms with Crippen molar-refractivity contribution >= 4 is 34.3 Å². The molecule has 1 aliphatic carbocycles. The van der Waals surface area contributed by atoms with Crippen LogP contribution in [0.2, 0.25) is 5.02 Å². The topological polar surface area (TPSA) is 97.4 Å². The molecule has 3 aromatic rings. The maximum absolute atomic E-state index is 12.1. The van der Waals surface area contributed by atoms with E-state index in [0.29, 0.717) is 17.1 Å². The van der Waals surface area contributed by atoms with E-state index in [0.717, 1.165) is 22.0 Å². The minimum Gasteiger partial charge on any atom is -0.387 e. The molecule has 0 aliphatic heterocycles. The molecule has 0 saturated carbocycles. The molecule has 2 aromatic carbocycles. The number of carbonyl (C=O) groups excluding carboxylic acids is 2. The van der Waals surface area contributed by atoms with Crippen LogP contribution in [-0.4, -0.2) is 28.1 Å². The number of primary amides is 1.